The molecule has 0 saturated carbocycles. The molecular weight excluding hydrogens is 419 g/mol. The number of carbonyl (C=O) groups excluding carboxylic acids is 1. The third kappa shape index (κ3) is 5.82. The maximum atomic E-state index is 13.3. The van der Waals surface area contributed by atoms with Gasteiger partial charge in [0.05, 0.1) is 17.2 Å². The molecule has 3 rings (SSSR count). The fourth-order valence-electron chi connectivity index (χ4n) is 2.90. The van der Waals surface area contributed by atoms with Gasteiger partial charge in [0.2, 0.25) is 5.91 Å². The minimum atomic E-state index is -3.98. The molecule has 0 bridgehead atoms. The van der Waals surface area contributed by atoms with Crippen LogP contribution in [0.2, 0.25) is 0 Å². The van der Waals surface area contributed by atoms with Crippen molar-refractivity contribution in [2.75, 3.05) is 17.5 Å². The van der Waals surface area contributed by atoms with Crippen LogP contribution in [0.1, 0.15) is 12.5 Å². The molecule has 162 valence electrons. The monoisotopic (exact) mass is 442 g/mol. The number of benzene rings is 3. The Hall–Kier alpha value is -3.39. The van der Waals surface area contributed by atoms with Crippen LogP contribution in [0.15, 0.2) is 83.8 Å². The zero-order chi connectivity index (χ0) is 22.3. The maximum absolute atomic E-state index is 13.3. The molecule has 0 unspecified atom stereocenters. The number of ether oxygens (including phenoxy) is 1. The average Bonchev–Trinajstić information content (AvgIpc) is 2.78. The molecule has 1 N–H and O–H groups in total. The van der Waals surface area contributed by atoms with Crippen molar-refractivity contribution in [2.24, 2.45) is 0 Å². The lowest BCUT2D eigenvalue weighted by Crippen LogP contribution is -2.40. The van der Waals surface area contributed by atoms with E-state index in [0.717, 1.165) is 4.31 Å². The van der Waals surface area contributed by atoms with Gasteiger partial charge in [0, 0.05) is 6.54 Å². The SMILES string of the molecule is CCOc1ccc(N(CC(=O)NCc2ccc(F)cc2)S(=O)(=O)c2ccccc2)cc1. The van der Waals surface area contributed by atoms with Gasteiger partial charge in [-0.1, -0.05) is 30.3 Å². The summed E-state index contributed by atoms with van der Waals surface area (Å²) in [6.45, 7) is 2.08. The molecule has 31 heavy (non-hydrogen) atoms. The normalized spacial score (nSPS) is 11.0. The molecule has 6 nitrogen and oxygen atoms in total. The lowest BCUT2D eigenvalue weighted by atomic mass is 10.2. The second kappa shape index (κ2) is 10.1. The van der Waals surface area contributed by atoms with E-state index in [1.165, 1.54) is 24.3 Å². The summed E-state index contributed by atoms with van der Waals surface area (Å²) in [5.74, 6) is -0.257. The van der Waals surface area contributed by atoms with E-state index in [2.05, 4.69) is 5.32 Å². The third-order valence-corrected chi connectivity index (χ3v) is 6.25. The molecule has 0 saturated heterocycles. The Morgan fingerprint density at radius 3 is 2.23 bits per heavy atom. The molecule has 0 radical (unpaired) electrons. The average molecular weight is 443 g/mol. The van der Waals surface area contributed by atoms with Gasteiger partial charge in [0.15, 0.2) is 0 Å². The van der Waals surface area contributed by atoms with E-state index in [1.807, 2.05) is 6.92 Å². The number of nitrogens with zero attached hydrogens (tertiary/aromatic N) is 1. The van der Waals surface area contributed by atoms with Crippen LogP contribution in [0, 0.1) is 5.82 Å². The van der Waals surface area contributed by atoms with E-state index in [9.17, 15) is 17.6 Å². The van der Waals surface area contributed by atoms with Crippen molar-refractivity contribution >= 4 is 21.6 Å². The minimum Gasteiger partial charge on any atom is -0.494 e. The van der Waals surface area contributed by atoms with Gasteiger partial charge in [-0.15, -0.1) is 0 Å². The highest BCUT2D eigenvalue weighted by atomic mass is 32.2. The van der Waals surface area contributed by atoms with Crippen molar-refractivity contribution in [3.8, 4) is 5.75 Å². The van der Waals surface area contributed by atoms with Crippen molar-refractivity contribution in [3.05, 3.63) is 90.2 Å². The largest absolute Gasteiger partial charge is 0.494 e. The molecule has 0 aliphatic rings. The number of hydrogen-bond donors (Lipinski definition) is 1. The topological polar surface area (TPSA) is 75.7 Å². The first-order valence-electron chi connectivity index (χ1n) is 9.72. The van der Waals surface area contributed by atoms with Gasteiger partial charge < -0.3 is 10.1 Å². The van der Waals surface area contributed by atoms with E-state index in [4.69, 9.17) is 4.74 Å². The van der Waals surface area contributed by atoms with Crippen LogP contribution in [0.3, 0.4) is 0 Å². The number of halogens is 1. The first-order chi connectivity index (χ1) is 14.9. The van der Waals surface area contributed by atoms with Crippen molar-refractivity contribution < 1.29 is 22.3 Å². The summed E-state index contributed by atoms with van der Waals surface area (Å²) in [7, 11) is -3.98. The van der Waals surface area contributed by atoms with Crippen molar-refractivity contribution in [1.82, 2.24) is 5.32 Å². The molecule has 8 heteroatoms. The van der Waals surface area contributed by atoms with Crippen LogP contribution >= 0.6 is 0 Å². The van der Waals surface area contributed by atoms with Gasteiger partial charge >= 0.3 is 0 Å². The number of nitrogens with one attached hydrogen (secondary N) is 1. The van der Waals surface area contributed by atoms with E-state index in [0.29, 0.717) is 23.6 Å². The van der Waals surface area contributed by atoms with Crippen LogP contribution in [0.5, 0.6) is 5.75 Å². The quantitative estimate of drug-likeness (QED) is 0.548. The molecule has 3 aromatic rings. The van der Waals surface area contributed by atoms with E-state index in [-0.39, 0.29) is 17.3 Å². The van der Waals surface area contributed by atoms with Crippen molar-refractivity contribution in [1.29, 1.82) is 0 Å². The zero-order valence-corrected chi connectivity index (χ0v) is 17.8. The first-order valence-corrected chi connectivity index (χ1v) is 11.2. The molecular formula is C23H23FN2O4S. The Bertz CT molecular complexity index is 1100. The fraction of sp³-hybridized carbons (Fsp3) is 0.174. The Labute approximate surface area is 181 Å². The molecule has 3 aromatic carbocycles. The molecule has 0 aliphatic carbocycles. The maximum Gasteiger partial charge on any atom is 0.264 e. The molecule has 0 spiro atoms. The highest BCUT2D eigenvalue weighted by Gasteiger charge is 2.27. The van der Waals surface area contributed by atoms with Gasteiger partial charge in [-0.2, -0.15) is 0 Å². The summed E-state index contributed by atoms with van der Waals surface area (Å²) < 4.78 is 46.0. The van der Waals surface area contributed by atoms with Crippen LogP contribution in [-0.2, 0) is 21.4 Å². The first kappa shape index (κ1) is 22.3. The highest BCUT2D eigenvalue weighted by molar-refractivity contribution is 7.92. The number of carbonyl (C=O) groups is 1. The summed E-state index contributed by atoms with van der Waals surface area (Å²) in [6.07, 6.45) is 0. The summed E-state index contributed by atoms with van der Waals surface area (Å²) in [4.78, 5) is 12.7. The minimum absolute atomic E-state index is 0.0789. The fourth-order valence-corrected chi connectivity index (χ4v) is 4.34. The van der Waals surface area contributed by atoms with Crippen LogP contribution < -0.4 is 14.4 Å². The molecule has 0 atom stereocenters. The van der Waals surface area contributed by atoms with Crippen LogP contribution in [0.4, 0.5) is 10.1 Å². The van der Waals surface area contributed by atoms with Gasteiger partial charge in [-0.3, -0.25) is 9.10 Å². The molecule has 0 heterocycles. The standard InChI is InChI=1S/C23H23FN2O4S/c1-2-30-21-14-12-20(13-15-21)26(31(28,29)22-6-4-3-5-7-22)17-23(27)25-16-18-8-10-19(24)11-9-18/h3-15H,2,16-17H2,1H3,(H,25,27). The summed E-state index contributed by atoms with van der Waals surface area (Å²) in [6, 6.07) is 20.1. The zero-order valence-electron chi connectivity index (χ0n) is 17.0. The highest BCUT2D eigenvalue weighted by Crippen LogP contribution is 2.25. The third-order valence-electron chi connectivity index (χ3n) is 4.46. The number of sulfonamides is 1. The number of rotatable bonds is 9. The van der Waals surface area contributed by atoms with Gasteiger partial charge in [0.25, 0.3) is 10.0 Å². The summed E-state index contributed by atoms with van der Waals surface area (Å²) in [5, 5.41) is 2.68. The number of amides is 1. The summed E-state index contributed by atoms with van der Waals surface area (Å²) >= 11 is 0. The van der Waals surface area contributed by atoms with E-state index < -0.39 is 22.5 Å². The van der Waals surface area contributed by atoms with Gasteiger partial charge in [-0.25, -0.2) is 12.8 Å². The Morgan fingerprint density at radius 2 is 1.61 bits per heavy atom. The smallest absolute Gasteiger partial charge is 0.264 e. The Kier molecular flexibility index (Phi) is 7.25. The van der Waals surface area contributed by atoms with Crippen molar-refractivity contribution in [3.63, 3.8) is 0 Å². The second-order valence-electron chi connectivity index (χ2n) is 6.65. The predicted molar refractivity (Wildman–Crippen MR) is 117 cm³/mol. The molecule has 0 aromatic heterocycles. The lowest BCUT2D eigenvalue weighted by Gasteiger charge is -2.24. The lowest BCUT2D eigenvalue weighted by molar-refractivity contribution is -0.119. The Balaban J connectivity index is 1.83. The number of anilines is 1. The molecule has 0 aliphatic heterocycles. The summed E-state index contributed by atoms with van der Waals surface area (Å²) in [5.41, 5.74) is 1.04. The number of hydrogen-bond acceptors (Lipinski definition) is 4. The van der Waals surface area contributed by atoms with Gasteiger partial charge in [-0.05, 0) is 61.0 Å². The van der Waals surface area contributed by atoms with E-state index >= 15 is 0 Å². The molecule has 1 amide bonds. The Morgan fingerprint density at radius 1 is 0.968 bits per heavy atom. The van der Waals surface area contributed by atoms with Crippen molar-refractivity contribution in [2.45, 2.75) is 18.4 Å². The van der Waals surface area contributed by atoms with E-state index in [1.54, 1.807) is 54.6 Å². The second-order valence-corrected chi connectivity index (χ2v) is 8.52. The van der Waals surface area contributed by atoms with Crippen LogP contribution in [-0.4, -0.2) is 27.5 Å². The van der Waals surface area contributed by atoms with Crippen LogP contribution in [0.25, 0.3) is 0 Å². The molecule has 0 fully saturated rings. The van der Waals surface area contributed by atoms with Gasteiger partial charge in [0.1, 0.15) is 18.1 Å². The predicted octanol–water partition coefficient (Wildman–Crippen LogP) is 3.74.